The Morgan fingerprint density at radius 2 is 2.20 bits per heavy atom. The highest BCUT2D eigenvalue weighted by atomic mass is 32.1. The van der Waals surface area contributed by atoms with Crippen molar-refractivity contribution in [2.24, 2.45) is 7.05 Å². The zero-order chi connectivity index (χ0) is 11.0. The Hall–Kier alpha value is -1.62. The summed E-state index contributed by atoms with van der Waals surface area (Å²) in [6.07, 6.45) is 0. The number of nitrogens with zero attached hydrogens (tertiary/aromatic N) is 2. The van der Waals surface area contributed by atoms with Crippen LogP contribution in [-0.2, 0) is 7.05 Å². The van der Waals surface area contributed by atoms with Crippen molar-refractivity contribution in [2.75, 3.05) is 0 Å². The van der Waals surface area contributed by atoms with Crippen LogP contribution in [-0.4, -0.2) is 19.9 Å². The van der Waals surface area contributed by atoms with E-state index in [-0.39, 0.29) is 5.75 Å². The molecule has 2 aromatic rings. The largest absolute Gasteiger partial charge is 0.508 e. The maximum absolute atomic E-state index is 9.30. The highest BCUT2D eigenvalue weighted by molar-refractivity contribution is 7.71. The van der Waals surface area contributed by atoms with E-state index in [1.54, 1.807) is 16.7 Å². The minimum atomic E-state index is 0.257. The number of rotatable bonds is 1. The van der Waals surface area contributed by atoms with Crippen LogP contribution in [0.25, 0.3) is 11.4 Å². The van der Waals surface area contributed by atoms with E-state index in [0.29, 0.717) is 4.77 Å². The summed E-state index contributed by atoms with van der Waals surface area (Å²) in [5, 5.41) is 16.2. The quantitative estimate of drug-likeness (QED) is 0.725. The number of phenols is 1. The molecule has 0 spiro atoms. The van der Waals surface area contributed by atoms with Gasteiger partial charge in [-0.25, -0.2) is 0 Å². The minimum Gasteiger partial charge on any atom is -0.508 e. The predicted molar refractivity (Wildman–Crippen MR) is 60.2 cm³/mol. The number of aromatic amines is 1. The van der Waals surface area contributed by atoms with Crippen LogP contribution >= 0.6 is 12.2 Å². The van der Waals surface area contributed by atoms with E-state index < -0.39 is 0 Å². The molecule has 2 N–H and O–H groups in total. The topological polar surface area (TPSA) is 53.8 Å². The summed E-state index contributed by atoms with van der Waals surface area (Å²) in [5.41, 5.74) is 1.93. The number of benzene rings is 1. The molecule has 0 bridgehead atoms. The third-order valence-electron chi connectivity index (χ3n) is 2.33. The number of hydrogen-bond acceptors (Lipinski definition) is 3. The third kappa shape index (κ3) is 1.66. The maximum atomic E-state index is 9.30. The van der Waals surface area contributed by atoms with E-state index in [1.165, 1.54) is 0 Å². The highest BCUT2D eigenvalue weighted by Gasteiger charge is 2.08. The molecule has 1 heterocycles. The predicted octanol–water partition coefficient (Wildman–Crippen LogP) is 2.16. The number of phenolic OH excluding ortho intramolecular Hbond substituents is 1. The number of nitrogens with one attached hydrogen (secondary N) is 1. The second kappa shape index (κ2) is 3.51. The molecule has 0 radical (unpaired) electrons. The van der Waals surface area contributed by atoms with Gasteiger partial charge in [0.05, 0.1) is 0 Å². The van der Waals surface area contributed by atoms with Gasteiger partial charge in [-0.2, -0.15) is 5.10 Å². The van der Waals surface area contributed by atoms with Crippen LogP contribution < -0.4 is 0 Å². The molecule has 1 aromatic heterocycles. The minimum absolute atomic E-state index is 0.257. The molecule has 4 nitrogen and oxygen atoms in total. The van der Waals surface area contributed by atoms with Gasteiger partial charge in [-0.3, -0.25) is 5.10 Å². The number of H-pyrrole nitrogens is 1. The van der Waals surface area contributed by atoms with Gasteiger partial charge in [0.1, 0.15) is 5.75 Å². The standard InChI is InChI=1S/C10H11N3OS/c1-6-5-7(14)3-4-8(6)9-11-12-10(15)13(9)2/h3-5,14H,1-2H3,(H,12,15). The third-order valence-corrected chi connectivity index (χ3v) is 2.70. The van der Waals surface area contributed by atoms with Gasteiger partial charge >= 0.3 is 0 Å². The first-order valence-electron chi connectivity index (χ1n) is 4.51. The van der Waals surface area contributed by atoms with Crippen molar-refractivity contribution >= 4 is 12.2 Å². The molecular weight excluding hydrogens is 210 g/mol. The highest BCUT2D eigenvalue weighted by Crippen LogP contribution is 2.24. The monoisotopic (exact) mass is 221 g/mol. The molecule has 1 aromatic carbocycles. The molecule has 0 aliphatic heterocycles. The molecule has 0 amide bonds. The molecule has 0 saturated heterocycles. The fourth-order valence-electron chi connectivity index (χ4n) is 1.49. The molecule has 5 heteroatoms. The normalized spacial score (nSPS) is 10.5. The molecule has 0 fully saturated rings. The van der Waals surface area contributed by atoms with Crippen LogP contribution in [0.3, 0.4) is 0 Å². The second-order valence-corrected chi connectivity index (χ2v) is 3.80. The Labute approximate surface area is 92.2 Å². The van der Waals surface area contributed by atoms with E-state index in [2.05, 4.69) is 10.2 Å². The lowest BCUT2D eigenvalue weighted by molar-refractivity contribution is 0.475. The van der Waals surface area contributed by atoms with Gasteiger partial charge in [0.25, 0.3) is 0 Å². The van der Waals surface area contributed by atoms with E-state index in [4.69, 9.17) is 12.2 Å². The smallest absolute Gasteiger partial charge is 0.195 e. The van der Waals surface area contributed by atoms with Gasteiger partial charge in [-0.1, -0.05) is 0 Å². The molecule has 78 valence electrons. The fraction of sp³-hybridized carbons (Fsp3) is 0.200. The van der Waals surface area contributed by atoms with Crippen LogP contribution in [0.4, 0.5) is 0 Å². The summed E-state index contributed by atoms with van der Waals surface area (Å²) in [6, 6.07) is 5.17. The molecule has 0 unspecified atom stereocenters. The lowest BCUT2D eigenvalue weighted by Gasteiger charge is -2.04. The van der Waals surface area contributed by atoms with Gasteiger partial charge < -0.3 is 9.67 Å². The first kappa shape index (κ1) is 9.92. The maximum Gasteiger partial charge on any atom is 0.195 e. The molecule has 2 rings (SSSR count). The second-order valence-electron chi connectivity index (χ2n) is 3.41. The van der Waals surface area contributed by atoms with Crippen LogP contribution in [0.15, 0.2) is 18.2 Å². The van der Waals surface area contributed by atoms with E-state index in [1.807, 2.05) is 20.0 Å². The molecule has 15 heavy (non-hydrogen) atoms. The Bertz CT molecular complexity index is 556. The van der Waals surface area contributed by atoms with Crippen molar-refractivity contribution in [2.45, 2.75) is 6.92 Å². The van der Waals surface area contributed by atoms with Gasteiger partial charge in [-0.05, 0) is 42.9 Å². The fourth-order valence-corrected chi connectivity index (χ4v) is 1.62. The van der Waals surface area contributed by atoms with E-state index in [0.717, 1.165) is 17.0 Å². The van der Waals surface area contributed by atoms with Crippen molar-refractivity contribution < 1.29 is 5.11 Å². The average Bonchev–Trinajstić information content (AvgIpc) is 2.49. The first-order valence-corrected chi connectivity index (χ1v) is 4.92. The van der Waals surface area contributed by atoms with Crippen molar-refractivity contribution in [3.05, 3.63) is 28.5 Å². The number of aromatic nitrogens is 3. The Morgan fingerprint density at radius 1 is 1.47 bits per heavy atom. The molecule has 0 saturated carbocycles. The molecule has 0 aliphatic rings. The first-order chi connectivity index (χ1) is 7.09. The van der Waals surface area contributed by atoms with Gasteiger partial charge in [0, 0.05) is 12.6 Å². The van der Waals surface area contributed by atoms with Crippen LogP contribution in [0.5, 0.6) is 5.75 Å². The van der Waals surface area contributed by atoms with Gasteiger partial charge in [0.2, 0.25) is 0 Å². The van der Waals surface area contributed by atoms with Gasteiger partial charge in [0.15, 0.2) is 10.6 Å². The van der Waals surface area contributed by atoms with Crippen molar-refractivity contribution in [3.8, 4) is 17.1 Å². The summed E-state index contributed by atoms with van der Waals surface area (Å²) in [7, 11) is 1.85. The number of aromatic hydroxyl groups is 1. The summed E-state index contributed by atoms with van der Waals surface area (Å²) in [4.78, 5) is 0. The Morgan fingerprint density at radius 3 is 2.73 bits per heavy atom. The van der Waals surface area contributed by atoms with Crippen LogP contribution in [0, 0.1) is 11.7 Å². The lowest BCUT2D eigenvalue weighted by Crippen LogP contribution is -1.94. The lowest BCUT2D eigenvalue weighted by atomic mass is 10.1. The SMILES string of the molecule is Cc1cc(O)ccc1-c1n[nH]c(=S)n1C. The molecule has 0 atom stereocenters. The van der Waals surface area contributed by atoms with Gasteiger partial charge in [-0.15, -0.1) is 0 Å². The number of hydrogen-bond donors (Lipinski definition) is 2. The molecular formula is C10H11N3OS. The van der Waals surface area contributed by atoms with E-state index in [9.17, 15) is 5.11 Å². The van der Waals surface area contributed by atoms with Crippen molar-refractivity contribution in [1.82, 2.24) is 14.8 Å². The van der Waals surface area contributed by atoms with E-state index >= 15 is 0 Å². The zero-order valence-electron chi connectivity index (χ0n) is 8.48. The average molecular weight is 221 g/mol. The summed E-state index contributed by atoms with van der Waals surface area (Å²) in [6.45, 7) is 1.92. The number of aryl methyl sites for hydroxylation is 1. The molecule has 0 aliphatic carbocycles. The zero-order valence-corrected chi connectivity index (χ0v) is 9.30. The van der Waals surface area contributed by atoms with Crippen molar-refractivity contribution in [3.63, 3.8) is 0 Å². The summed E-state index contributed by atoms with van der Waals surface area (Å²) in [5.74, 6) is 1.03. The summed E-state index contributed by atoms with van der Waals surface area (Å²) >= 11 is 5.04. The Kier molecular flexibility index (Phi) is 2.32. The Balaban J connectivity index is 2.64. The van der Waals surface area contributed by atoms with Crippen LogP contribution in [0.1, 0.15) is 5.56 Å². The van der Waals surface area contributed by atoms with Crippen molar-refractivity contribution in [1.29, 1.82) is 0 Å². The van der Waals surface area contributed by atoms with Crippen LogP contribution in [0.2, 0.25) is 0 Å². The summed E-state index contributed by atoms with van der Waals surface area (Å²) < 4.78 is 2.38.